The summed E-state index contributed by atoms with van der Waals surface area (Å²) in [4.78, 5) is 22.2. The van der Waals surface area contributed by atoms with Crippen molar-refractivity contribution in [1.82, 2.24) is 15.0 Å². The Labute approximate surface area is 98.9 Å². The summed E-state index contributed by atoms with van der Waals surface area (Å²) in [6.07, 6.45) is 3.18. The maximum atomic E-state index is 10.8. The molecule has 2 aromatic heterocycles. The van der Waals surface area contributed by atoms with Gasteiger partial charge in [-0.15, -0.1) is 0 Å². The van der Waals surface area contributed by atoms with Crippen LogP contribution in [0.3, 0.4) is 0 Å². The Hall–Kier alpha value is -1.91. The molecule has 2 N–H and O–H groups in total. The van der Waals surface area contributed by atoms with Crippen molar-refractivity contribution in [2.45, 2.75) is 32.6 Å². The van der Waals surface area contributed by atoms with E-state index in [0.29, 0.717) is 5.65 Å². The Morgan fingerprint density at radius 3 is 2.71 bits per heavy atom. The highest BCUT2D eigenvalue weighted by Crippen LogP contribution is 2.29. The maximum Gasteiger partial charge on any atom is 0.307 e. The van der Waals surface area contributed by atoms with Gasteiger partial charge >= 0.3 is 5.97 Å². The van der Waals surface area contributed by atoms with Crippen molar-refractivity contribution in [2.24, 2.45) is 0 Å². The molecule has 0 fully saturated rings. The fourth-order valence-corrected chi connectivity index (χ4v) is 1.90. The Morgan fingerprint density at radius 2 is 2.12 bits per heavy atom. The molecule has 5 heteroatoms. The quantitative estimate of drug-likeness (QED) is 0.830. The second kappa shape index (κ2) is 3.84. The van der Waals surface area contributed by atoms with Gasteiger partial charge in [0.15, 0.2) is 0 Å². The zero-order valence-corrected chi connectivity index (χ0v) is 10.1. The number of nitrogens with one attached hydrogen (secondary N) is 1. The monoisotopic (exact) mass is 233 g/mol. The van der Waals surface area contributed by atoms with Crippen molar-refractivity contribution >= 4 is 17.0 Å². The third-order valence-electron chi connectivity index (χ3n) is 2.60. The van der Waals surface area contributed by atoms with E-state index in [9.17, 15) is 4.79 Å². The summed E-state index contributed by atoms with van der Waals surface area (Å²) in [5.74, 6) is -0.852. The van der Waals surface area contributed by atoms with Crippen molar-refractivity contribution in [3.63, 3.8) is 0 Å². The van der Waals surface area contributed by atoms with Crippen LogP contribution in [0.5, 0.6) is 0 Å². The molecule has 0 aliphatic heterocycles. The molecule has 2 aromatic rings. The van der Waals surface area contributed by atoms with Gasteiger partial charge in [-0.1, -0.05) is 20.8 Å². The molecule has 0 spiro atoms. The van der Waals surface area contributed by atoms with Gasteiger partial charge in [-0.2, -0.15) is 0 Å². The highest BCUT2D eigenvalue weighted by Gasteiger charge is 2.22. The number of aliphatic carboxylic acids is 1. The van der Waals surface area contributed by atoms with Crippen LogP contribution in [0.1, 0.15) is 32.0 Å². The Morgan fingerprint density at radius 1 is 1.41 bits per heavy atom. The van der Waals surface area contributed by atoms with Crippen LogP contribution in [0.15, 0.2) is 12.5 Å². The first-order valence-corrected chi connectivity index (χ1v) is 5.43. The average molecular weight is 233 g/mol. The van der Waals surface area contributed by atoms with Gasteiger partial charge < -0.3 is 10.1 Å². The van der Waals surface area contributed by atoms with Gasteiger partial charge in [0.05, 0.1) is 12.1 Å². The van der Waals surface area contributed by atoms with E-state index in [2.05, 4.69) is 15.0 Å². The number of hydrogen-bond acceptors (Lipinski definition) is 3. The number of hydrogen-bond donors (Lipinski definition) is 2. The van der Waals surface area contributed by atoms with E-state index in [4.69, 9.17) is 5.11 Å². The zero-order valence-electron chi connectivity index (χ0n) is 10.1. The summed E-state index contributed by atoms with van der Waals surface area (Å²) in [5, 5.41) is 9.72. The number of H-pyrrole nitrogens is 1. The van der Waals surface area contributed by atoms with Crippen LogP contribution in [0.2, 0.25) is 0 Å². The molecule has 2 heterocycles. The van der Waals surface area contributed by atoms with Gasteiger partial charge in [0.2, 0.25) is 0 Å². The Bertz CT molecular complexity index is 567. The van der Waals surface area contributed by atoms with Crippen molar-refractivity contribution in [3.05, 3.63) is 23.8 Å². The molecule has 0 atom stereocenters. The molecule has 0 aliphatic rings. The lowest BCUT2D eigenvalue weighted by Crippen LogP contribution is -2.15. The first-order chi connectivity index (χ1) is 7.89. The minimum atomic E-state index is -0.852. The summed E-state index contributed by atoms with van der Waals surface area (Å²) in [7, 11) is 0. The third-order valence-corrected chi connectivity index (χ3v) is 2.60. The van der Waals surface area contributed by atoms with E-state index in [1.807, 2.05) is 20.8 Å². The number of aromatic amines is 1. The molecular weight excluding hydrogens is 218 g/mol. The Balaban J connectivity index is 2.68. The maximum absolute atomic E-state index is 10.8. The fourth-order valence-electron chi connectivity index (χ4n) is 1.90. The minimum absolute atomic E-state index is 0.0174. The molecular formula is C12H15N3O2. The van der Waals surface area contributed by atoms with Crippen molar-refractivity contribution in [1.29, 1.82) is 0 Å². The predicted molar refractivity (Wildman–Crippen MR) is 63.9 cm³/mol. The number of nitrogens with zero attached hydrogens (tertiary/aromatic N) is 2. The highest BCUT2D eigenvalue weighted by atomic mass is 16.4. The number of carboxylic acids is 1. The van der Waals surface area contributed by atoms with E-state index in [0.717, 1.165) is 16.6 Å². The van der Waals surface area contributed by atoms with E-state index in [-0.39, 0.29) is 11.8 Å². The smallest absolute Gasteiger partial charge is 0.307 e. The average Bonchev–Trinajstić information content (AvgIpc) is 2.59. The normalized spacial score (nSPS) is 11.9. The molecule has 2 rings (SSSR count). The molecule has 0 unspecified atom stereocenters. The van der Waals surface area contributed by atoms with E-state index in [1.54, 1.807) is 6.20 Å². The van der Waals surface area contributed by atoms with Gasteiger partial charge in [0.25, 0.3) is 0 Å². The van der Waals surface area contributed by atoms with Crippen molar-refractivity contribution in [2.75, 3.05) is 0 Å². The molecule has 0 bridgehead atoms. The van der Waals surface area contributed by atoms with E-state index < -0.39 is 5.97 Å². The van der Waals surface area contributed by atoms with Gasteiger partial charge in [0.1, 0.15) is 12.0 Å². The second-order valence-electron chi connectivity index (χ2n) is 5.08. The number of rotatable bonds is 2. The first kappa shape index (κ1) is 11.6. The molecule has 0 saturated heterocycles. The fraction of sp³-hybridized carbons (Fsp3) is 0.417. The van der Waals surface area contributed by atoms with Gasteiger partial charge in [-0.3, -0.25) is 4.79 Å². The number of carboxylic acid groups (broad SMARTS) is 1. The molecule has 17 heavy (non-hydrogen) atoms. The van der Waals surface area contributed by atoms with Crippen molar-refractivity contribution < 1.29 is 9.90 Å². The molecule has 5 nitrogen and oxygen atoms in total. The lowest BCUT2D eigenvalue weighted by molar-refractivity contribution is -0.136. The number of aromatic nitrogens is 3. The van der Waals surface area contributed by atoms with Crippen LogP contribution in [0.25, 0.3) is 11.0 Å². The molecule has 0 radical (unpaired) electrons. The minimum Gasteiger partial charge on any atom is -0.481 e. The van der Waals surface area contributed by atoms with E-state index >= 15 is 0 Å². The topological polar surface area (TPSA) is 78.9 Å². The standard InChI is InChI=1S/C12H15N3O2/c1-12(2,3)10-9-7(4-8(16)17)5-13-11(9)15-6-14-10/h5-6H,4H2,1-3H3,(H,16,17)(H,13,14,15). The zero-order chi connectivity index (χ0) is 12.6. The molecule has 90 valence electrons. The summed E-state index contributed by atoms with van der Waals surface area (Å²) >= 11 is 0. The first-order valence-electron chi connectivity index (χ1n) is 5.43. The summed E-state index contributed by atoms with van der Waals surface area (Å²) < 4.78 is 0. The molecule has 0 aromatic carbocycles. The summed E-state index contributed by atoms with van der Waals surface area (Å²) in [5.41, 5.74) is 2.16. The number of fused-ring (bicyclic) bond motifs is 1. The van der Waals surface area contributed by atoms with Crippen LogP contribution >= 0.6 is 0 Å². The van der Waals surface area contributed by atoms with Crippen LogP contribution in [0.4, 0.5) is 0 Å². The largest absolute Gasteiger partial charge is 0.481 e. The van der Waals surface area contributed by atoms with Gasteiger partial charge in [-0.25, -0.2) is 9.97 Å². The molecule has 0 amide bonds. The van der Waals surface area contributed by atoms with Gasteiger partial charge in [0, 0.05) is 17.0 Å². The van der Waals surface area contributed by atoms with Crippen LogP contribution in [-0.4, -0.2) is 26.0 Å². The van der Waals surface area contributed by atoms with Crippen LogP contribution in [-0.2, 0) is 16.6 Å². The van der Waals surface area contributed by atoms with E-state index in [1.165, 1.54) is 6.33 Å². The second-order valence-corrected chi connectivity index (χ2v) is 5.08. The molecule has 0 saturated carbocycles. The number of carbonyl (C=O) groups is 1. The predicted octanol–water partition coefficient (Wildman–Crippen LogP) is 1.88. The highest BCUT2D eigenvalue weighted by molar-refractivity contribution is 5.86. The molecule has 0 aliphatic carbocycles. The Kier molecular flexibility index (Phi) is 2.61. The van der Waals surface area contributed by atoms with Crippen LogP contribution < -0.4 is 0 Å². The van der Waals surface area contributed by atoms with Crippen LogP contribution in [0, 0.1) is 0 Å². The van der Waals surface area contributed by atoms with Gasteiger partial charge in [-0.05, 0) is 5.56 Å². The lowest BCUT2D eigenvalue weighted by Gasteiger charge is -2.18. The lowest BCUT2D eigenvalue weighted by atomic mass is 9.89. The SMILES string of the molecule is CC(C)(C)c1ncnc2[nH]cc(CC(=O)O)c12. The summed E-state index contributed by atoms with van der Waals surface area (Å²) in [6, 6.07) is 0. The van der Waals surface area contributed by atoms with Crippen molar-refractivity contribution in [3.8, 4) is 0 Å². The summed E-state index contributed by atoms with van der Waals surface area (Å²) in [6.45, 7) is 6.14. The third kappa shape index (κ3) is 2.13.